The van der Waals surface area contributed by atoms with E-state index < -0.39 is 0 Å². The Morgan fingerprint density at radius 3 is 2.77 bits per heavy atom. The van der Waals surface area contributed by atoms with E-state index in [0.717, 1.165) is 12.1 Å². The second-order valence-electron chi connectivity index (χ2n) is 2.26. The second kappa shape index (κ2) is 7.22. The number of hydrogen-bond donors (Lipinski definition) is 2. The first-order valence-electron chi connectivity index (χ1n) is 4.52. The average molecular weight is 178 g/mol. The van der Waals surface area contributed by atoms with Crippen LogP contribution in [0.4, 0.5) is 0 Å². The molecule has 0 fully saturated rings. The highest BCUT2D eigenvalue weighted by atomic mass is 14.8. The van der Waals surface area contributed by atoms with Crippen LogP contribution in [-0.4, -0.2) is 6.54 Å². The van der Waals surface area contributed by atoms with Crippen molar-refractivity contribution in [3.63, 3.8) is 0 Å². The molecule has 3 N–H and O–H groups in total. The van der Waals surface area contributed by atoms with Crippen molar-refractivity contribution in [3.05, 3.63) is 48.4 Å². The Hall–Kier alpha value is -1.44. The Labute approximate surface area is 80.5 Å². The molecule has 1 heterocycles. The van der Waals surface area contributed by atoms with E-state index in [1.54, 1.807) is 12.3 Å². The van der Waals surface area contributed by atoms with Crippen LogP contribution in [0, 0.1) is 0 Å². The van der Waals surface area contributed by atoms with Gasteiger partial charge in [0, 0.05) is 12.7 Å². The average Bonchev–Trinajstić information content (AvgIpc) is 2.22. The zero-order valence-corrected chi connectivity index (χ0v) is 8.38. The third-order valence-electron chi connectivity index (χ3n) is 1.54. The minimum Gasteiger partial charge on any atom is -0.404 e. The summed E-state index contributed by atoms with van der Waals surface area (Å²) in [4.78, 5) is 0. The van der Waals surface area contributed by atoms with E-state index in [1.165, 1.54) is 5.57 Å². The fourth-order valence-electron chi connectivity index (χ4n) is 0.987. The van der Waals surface area contributed by atoms with Crippen LogP contribution in [0.2, 0.25) is 0 Å². The highest BCUT2D eigenvalue weighted by Gasteiger charge is 2.02. The Morgan fingerprint density at radius 1 is 1.54 bits per heavy atom. The third kappa shape index (κ3) is 3.65. The van der Waals surface area contributed by atoms with Crippen LogP contribution in [0.1, 0.15) is 13.8 Å². The van der Waals surface area contributed by atoms with Crippen molar-refractivity contribution in [1.29, 1.82) is 0 Å². The molecule has 1 aliphatic heterocycles. The molecule has 0 radical (unpaired) electrons. The molecule has 2 heteroatoms. The first kappa shape index (κ1) is 11.6. The normalized spacial score (nSPS) is 20.5. The summed E-state index contributed by atoms with van der Waals surface area (Å²) in [7, 11) is 0. The second-order valence-corrected chi connectivity index (χ2v) is 2.26. The highest BCUT2D eigenvalue weighted by molar-refractivity contribution is 5.43. The van der Waals surface area contributed by atoms with Crippen molar-refractivity contribution in [2.24, 2.45) is 5.73 Å². The maximum absolute atomic E-state index is 5.41. The molecule has 0 unspecified atom stereocenters. The molecule has 0 amide bonds. The number of rotatable bonds is 1. The van der Waals surface area contributed by atoms with E-state index in [9.17, 15) is 0 Å². The van der Waals surface area contributed by atoms with Gasteiger partial charge in [-0.25, -0.2) is 0 Å². The SMILES string of the molecule is C=C/C=C1/CNC=C/C1=C/N.CC. The van der Waals surface area contributed by atoms with E-state index in [-0.39, 0.29) is 0 Å². The molecular formula is C11H18N2. The van der Waals surface area contributed by atoms with Crippen molar-refractivity contribution < 1.29 is 0 Å². The number of nitrogens with two attached hydrogens (primary N) is 1. The molecule has 0 spiro atoms. The molecule has 0 saturated heterocycles. The summed E-state index contributed by atoms with van der Waals surface area (Å²) in [6, 6.07) is 0. The number of hydrogen-bond acceptors (Lipinski definition) is 2. The first-order valence-corrected chi connectivity index (χ1v) is 4.52. The van der Waals surface area contributed by atoms with E-state index in [2.05, 4.69) is 11.9 Å². The van der Waals surface area contributed by atoms with Gasteiger partial charge in [0.25, 0.3) is 0 Å². The summed E-state index contributed by atoms with van der Waals surface area (Å²) in [6.45, 7) is 8.45. The third-order valence-corrected chi connectivity index (χ3v) is 1.54. The van der Waals surface area contributed by atoms with Gasteiger partial charge in [0.05, 0.1) is 0 Å². The molecular weight excluding hydrogens is 160 g/mol. The fraction of sp³-hybridized carbons (Fsp3) is 0.273. The van der Waals surface area contributed by atoms with Crippen LogP contribution < -0.4 is 11.1 Å². The summed E-state index contributed by atoms with van der Waals surface area (Å²) in [5.41, 5.74) is 7.64. The van der Waals surface area contributed by atoms with Crippen molar-refractivity contribution in [2.45, 2.75) is 13.8 Å². The molecule has 1 rings (SSSR count). The summed E-state index contributed by atoms with van der Waals surface area (Å²) in [6.07, 6.45) is 9.15. The Morgan fingerprint density at radius 2 is 2.23 bits per heavy atom. The first-order chi connectivity index (χ1) is 6.38. The summed E-state index contributed by atoms with van der Waals surface area (Å²) in [5, 5.41) is 3.09. The van der Waals surface area contributed by atoms with Crippen LogP contribution in [0.5, 0.6) is 0 Å². The van der Waals surface area contributed by atoms with Gasteiger partial charge in [0.15, 0.2) is 0 Å². The summed E-state index contributed by atoms with van der Waals surface area (Å²) >= 11 is 0. The summed E-state index contributed by atoms with van der Waals surface area (Å²) in [5.74, 6) is 0. The predicted molar refractivity (Wildman–Crippen MR) is 59.0 cm³/mol. The van der Waals surface area contributed by atoms with Crippen molar-refractivity contribution >= 4 is 0 Å². The molecule has 0 bridgehead atoms. The topological polar surface area (TPSA) is 38.0 Å². The van der Waals surface area contributed by atoms with Gasteiger partial charge >= 0.3 is 0 Å². The molecule has 1 aliphatic rings. The molecule has 0 aromatic carbocycles. The Kier molecular flexibility index (Phi) is 6.42. The molecule has 0 saturated carbocycles. The van der Waals surface area contributed by atoms with Gasteiger partial charge in [0.2, 0.25) is 0 Å². The Bertz CT molecular complexity index is 234. The zero-order chi connectivity index (χ0) is 10.1. The van der Waals surface area contributed by atoms with Crippen LogP contribution in [0.15, 0.2) is 48.4 Å². The maximum Gasteiger partial charge on any atom is 0.0401 e. The van der Waals surface area contributed by atoms with Crippen LogP contribution >= 0.6 is 0 Å². The fourth-order valence-corrected chi connectivity index (χ4v) is 0.987. The van der Waals surface area contributed by atoms with Crippen molar-refractivity contribution in [1.82, 2.24) is 5.32 Å². The van der Waals surface area contributed by atoms with Crippen molar-refractivity contribution in [2.75, 3.05) is 6.54 Å². The summed E-state index contributed by atoms with van der Waals surface area (Å²) < 4.78 is 0. The van der Waals surface area contributed by atoms with Crippen LogP contribution in [0.3, 0.4) is 0 Å². The molecule has 0 aliphatic carbocycles. The highest BCUT2D eigenvalue weighted by Crippen LogP contribution is 2.12. The molecule has 13 heavy (non-hydrogen) atoms. The van der Waals surface area contributed by atoms with Gasteiger partial charge in [-0.1, -0.05) is 32.6 Å². The molecule has 0 atom stereocenters. The minimum atomic E-state index is 0.825. The quantitative estimate of drug-likeness (QED) is 0.645. The monoisotopic (exact) mass is 178 g/mol. The lowest BCUT2D eigenvalue weighted by molar-refractivity contribution is 0.921. The van der Waals surface area contributed by atoms with E-state index in [4.69, 9.17) is 5.73 Å². The van der Waals surface area contributed by atoms with E-state index in [0.29, 0.717) is 0 Å². The molecule has 0 aromatic heterocycles. The predicted octanol–water partition coefficient (Wildman–Crippen LogP) is 2.08. The molecule has 72 valence electrons. The molecule has 0 aromatic rings. The van der Waals surface area contributed by atoms with Gasteiger partial charge in [-0.3, -0.25) is 0 Å². The Balaban J connectivity index is 0.000000671. The van der Waals surface area contributed by atoms with Gasteiger partial charge in [-0.05, 0) is 23.4 Å². The van der Waals surface area contributed by atoms with Gasteiger partial charge < -0.3 is 11.1 Å². The smallest absolute Gasteiger partial charge is 0.0401 e. The lowest BCUT2D eigenvalue weighted by Crippen LogP contribution is -2.15. The van der Waals surface area contributed by atoms with Gasteiger partial charge in [-0.2, -0.15) is 0 Å². The largest absolute Gasteiger partial charge is 0.404 e. The lowest BCUT2D eigenvalue weighted by atomic mass is 10.0. The van der Waals surface area contributed by atoms with E-state index >= 15 is 0 Å². The van der Waals surface area contributed by atoms with Gasteiger partial charge in [0.1, 0.15) is 0 Å². The lowest BCUT2D eigenvalue weighted by Gasteiger charge is -2.12. The number of nitrogens with one attached hydrogen (secondary N) is 1. The minimum absolute atomic E-state index is 0.825. The molecule has 2 nitrogen and oxygen atoms in total. The zero-order valence-electron chi connectivity index (χ0n) is 8.38. The van der Waals surface area contributed by atoms with Gasteiger partial charge in [-0.15, -0.1) is 0 Å². The number of allylic oxidation sites excluding steroid dienone is 3. The van der Waals surface area contributed by atoms with Crippen molar-refractivity contribution in [3.8, 4) is 0 Å². The maximum atomic E-state index is 5.41. The standard InChI is InChI=1S/C9H12N2.C2H6/c1-2-3-9-7-11-5-4-8(9)6-10;1-2/h2-6,11H,1,7,10H2;1-2H3/b8-6-,9-3-;. The van der Waals surface area contributed by atoms with Crippen LogP contribution in [-0.2, 0) is 0 Å². The van der Waals surface area contributed by atoms with E-state index in [1.807, 2.05) is 32.2 Å². The van der Waals surface area contributed by atoms with Crippen LogP contribution in [0.25, 0.3) is 0 Å².